The number of hydrogen-bond acceptors (Lipinski definition) is 7. The Kier molecular flexibility index (Phi) is 6.35. The lowest BCUT2D eigenvalue weighted by atomic mass is 9.74. The van der Waals surface area contributed by atoms with Crippen LogP contribution in [0, 0.1) is 5.41 Å². The van der Waals surface area contributed by atoms with E-state index in [0.29, 0.717) is 11.8 Å². The van der Waals surface area contributed by atoms with Crippen LogP contribution in [0.5, 0.6) is 0 Å². The van der Waals surface area contributed by atoms with Gasteiger partial charge in [-0.3, -0.25) is 9.59 Å². The van der Waals surface area contributed by atoms with E-state index in [1.807, 2.05) is 0 Å². The number of hydrogen-bond donors (Lipinski definition) is 1. The average Bonchev–Trinajstić information content (AvgIpc) is 2.61. The van der Waals surface area contributed by atoms with Gasteiger partial charge in [0.25, 0.3) is 5.79 Å². The van der Waals surface area contributed by atoms with Gasteiger partial charge in [0.1, 0.15) is 6.29 Å². The third kappa shape index (κ3) is 4.28. The number of rotatable bonds is 9. The summed E-state index contributed by atoms with van der Waals surface area (Å²) in [7, 11) is 0. The summed E-state index contributed by atoms with van der Waals surface area (Å²) in [5.74, 6) is -4.29. The molecule has 1 fully saturated rings. The lowest BCUT2D eigenvalue weighted by Gasteiger charge is -2.43. The van der Waals surface area contributed by atoms with Crippen LogP contribution in [-0.4, -0.2) is 47.8 Å². The predicted octanol–water partition coefficient (Wildman–Crippen LogP) is 1.91. The van der Waals surface area contributed by atoms with Gasteiger partial charge in [-0.05, 0) is 17.7 Å². The second kappa shape index (κ2) is 8.35. The maximum atomic E-state index is 13.0. The molecule has 1 atom stereocenters. The van der Waals surface area contributed by atoms with Crippen molar-refractivity contribution in [3.8, 4) is 0 Å². The number of esters is 2. The second-order valence-electron chi connectivity index (χ2n) is 6.84. The first kappa shape index (κ1) is 21.3. The molecule has 1 heterocycles. The summed E-state index contributed by atoms with van der Waals surface area (Å²) in [6.45, 7) is 6.38. The smallest absolute Gasteiger partial charge is 0.335 e. The minimum Gasteiger partial charge on any atom is -0.478 e. The van der Waals surface area contributed by atoms with Gasteiger partial charge >= 0.3 is 17.9 Å². The minimum atomic E-state index is -1.91. The first-order valence-electron chi connectivity index (χ1n) is 8.61. The van der Waals surface area contributed by atoms with Crippen LogP contribution in [-0.2, 0) is 35.0 Å². The van der Waals surface area contributed by atoms with Crippen LogP contribution in [0.3, 0.4) is 0 Å². The predicted molar refractivity (Wildman–Crippen MR) is 96.4 cm³/mol. The molecule has 0 spiro atoms. The van der Waals surface area contributed by atoms with E-state index >= 15 is 0 Å². The molecule has 1 saturated heterocycles. The van der Waals surface area contributed by atoms with Crippen molar-refractivity contribution in [2.75, 3.05) is 6.61 Å². The normalized spacial score (nSPS) is 18.5. The summed E-state index contributed by atoms with van der Waals surface area (Å²) >= 11 is 0. The van der Waals surface area contributed by atoms with Crippen LogP contribution in [0.25, 0.3) is 0 Å². The van der Waals surface area contributed by atoms with E-state index in [1.165, 1.54) is 44.2 Å². The Morgan fingerprint density at radius 2 is 1.79 bits per heavy atom. The summed E-state index contributed by atoms with van der Waals surface area (Å²) in [6, 6.07) is 5.68. The van der Waals surface area contributed by atoms with E-state index in [4.69, 9.17) is 19.3 Å². The highest BCUT2D eigenvalue weighted by Gasteiger charge is 2.61. The third-order valence-electron chi connectivity index (χ3n) is 4.36. The fourth-order valence-electron chi connectivity index (χ4n) is 3.02. The van der Waals surface area contributed by atoms with Crippen molar-refractivity contribution in [1.82, 2.24) is 0 Å². The zero-order chi connectivity index (χ0) is 20.9. The zero-order valence-electron chi connectivity index (χ0n) is 15.7. The van der Waals surface area contributed by atoms with Gasteiger partial charge in [0.05, 0.1) is 18.3 Å². The average molecular weight is 390 g/mol. The Hall–Kier alpha value is -3.00. The highest BCUT2D eigenvalue weighted by Crippen LogP contribution is 2.40. The number of ether oxygens (including phenoxy) is 3. The number of benzene rings is 1. The number of carbonyl (C=O) groups is 4. The molecule has 1 aliphatic heterocycles. The topological polar surface area (TPSA) is 116 Å². The van der Waals surface area contributed by atoms with E-state index in [9.17, 15) is 19.2 Å². The molecule has 2 rings (SSSR count). The first-order chi connectivity index (χ1) is 13.2. The molecule has 0 aliphatic carbocycles. The van der Waals surface area contributed by atoms with E-state index in [-0.39, 0.29) is 25.0 Å². The number of aldehydes is 1. The first-order valence-corrected chi connectivity index (χ1v) is 8.61. The maximum absolute atomic E-state index is 13.0. The number of carboxylic acids is 1. The minimum absolute atomic E-state index is 0.00214. The molecule has 0 radical (unpaired) electrons. The molecule has 8 nitrogen and oxygen atoms in total. The van der Waals surface area contributed by atoms with Crippen molar-refractivity contribution in [2.45, 2.75) is 38.6 Å². The van der Waals surface area contributed by atoms with Gasteiger partial charge in [0, 0.05) is 26.7 Å². The van der Waals surface area contributed by atoms with Crippen molar-refractivity contribution in [1.29, 1.82) is 0 Å². The quantitative estimate of drug-likeness (QED) is 0.294. The van der Waals surface area contributed by atoms with Crippen LogP contribution in [0.1, 0.15) is 36.2 Å². The molecule has 8 heteroatoms. The van der Waals surface area contributed by atoms with Gasteiger partial charge < -0.3 is 24.1 Å². The monoisotopic (exact) mass is 390 g/mol. The van der Waals surface area contributed by atoms with Crippen LogP contribution >= 0.6 is 0 Å². The van der Waals surface area contributed by atoms with Crippen LogP contribution < -0.4 is 0 Å². The van der Waals surface area contributed by atoms with E-state index in [2.05, 4.69) is 6.58 Å². The molecule has 0 saturated carbocycles. The Bertz CT molecular complexity index is 758. The molecule has 28 heavy (non-hydrogen) atoms. The van der Waals surface area contributed by atoms with Crippen LogP contribution in [0.2, 0.25) is 0 Å². The Morgan fingerprint density at radius 3 is 2.25 bits per heavy atom. The highest BCUT2D eigenvalue weighted by molar-refractivity contribution is 6.03. The van der Waals surface area contributed by atoms with Crippen molar-refractivity contribution in [3.05, 3.63) is 48.0 Å². The SMILES string of the molecule is C=CCOC(CC=O)C1(Cc2ccc(C(=O)O)cc2)C(=O)OC(C)(C)OC1=O. The standard InChI is InChI=1S/C20H22O8/c1-4-11-26-15(9-10-21)20(17(24)27-19(2,3)28-18(20)25)12-13-5-7-14(8-6-13)16(22)23/h4-8,10,15H,1,9,11-12H2,2-3H3,(H,22,23). The van der Waals surface area contributed by atoms with Crippen molar-refractivity contribution >= 4 is 24.2 Å². The van der Waals surface area contributed by atoms with Gasteiger partial charge in [-0.25, -0.2) is 4.79 Å². The van der Waals surface area contributed by atoms with Gasteiger partial charge in [0.2, 0.25) is 0 Å². The summed E-state index contributed by atoms with van der Waals surface area (Å²) < 4.78 is 16.2. The molecular formula is C20H22O8. The molecule has 1 unspecified atom stereocenters. The molecule has 1 aromatic rings. The van der Waals surface area contributed by atoms with Crippen molar-refractivity contribution < 1.29 is 38.5 Å². The Morgan fingerprint density at radius 1 is 1.21 bits per heavy atom. The Balaban J connectivity index is 2.49. The van der Waals surface area contributed by atoms with Crippen LogP contribution in [0.4, 0.5) is 0 Å². The maximum Gasteiger partial charge on any atom is 0.335 e. The molecular weight excluding hydrogens is 368 g/mol. The zero-order valence-corrected chi connectivity index (χ0v) is 15.7. The third-order valence-corrected chi connectivity index (χ3v) is 4.36. The van der Waals surface area contributed by atoms with Crippen molar-refractivity contribution in [2.24, 2.45) is 5.41 Å². The number of cyclic esters (lactones) is 2. The van der Waals surface area contributed by atoms with Gasteiger partial charge in [-0.1, -0.05) is 18.2 Å². The molecule has 0 amide bonds. The lowest BCUT2D eigenvalue weighted by molar-refractivity contribution is -0.259. The number of carbonyl (C=O) groups excluding carboxylic acids is 3. The molecule has 1 aliphatic rings. The second-order valence-corrected chi connectivity index (χ2v) is 6.84. The van der Waals surface area contributed by atoms with Crippen LogP contribution in [0.15, 0.2) is 36.9 Å². The van der Waals surface area contributed by atoms with E-state index in [1.54, 1.807) is 0 Å². The van der Waals surface area contributed by atoms with Gasteiger partial charge in [0.15, 0.2) is 5.41 Å². The molecule has 1 N–H and O–H groups in total. The molecule has 150 valence electrons. The highest BCUT2D eigenvalue weighted by atomic mass is 16.7. The van der Waals surface area contributed by atoms with Crippen molar-refractivity contribution in [3.63, 3.8) is 0 Å². The molecule has 0 aromatic heterocycles. The summed E-state index contributed by atoms with van der Waals surface area (Å²) in [5, 5.41) is 9.03. The summed E-state index contributed by atoms with van der Waals surface area (Å²) in [5.41, 5.74) is -1.37. The summed E-state index contributed by atoms with van der Waals surface area (Å²) in [6.07, 6.45) is 0.403. The largest absolute Gasteiger partial charge is 0.478 e. The van der Waals surface area contributed by atoms with E-state index < -0.39 is 35.2 Å². The summed E-state index contributed by atoms with van der Waals surface area (Å²) in [4.78, 5) is 48.2. The fourth-order valence-corrected chi connectivity index (χ4v) is 3.02. The Labute approximate surface area is 162 Å². The van der Waals surface area contributed by atoms with Gasteiger partial charge in [-0.2, -0.15) is 0 Å². The number of aromatic carboxylic acids is 1. The van der Waals surface area contributed by atoms with E-state index in [0.717, 1.165) is 0 Å². The fraction of sp³-hybridized carbons (Fsp3) is 0.400. The lowest BCUT2D eigenvalue weighted by Crippen LogP contribution is -2.60. The van der Waals surface area contributed by atoms with Gasteiger partial charge in [-0.15, -0.1) is 6.58 Å². The molecule has 0 bridgehead atoms. The molecule has 1 aromatic carbocycles. The number of carboxylic acid groups (broad SMARTS) is 1.